The number of carbonyl (C=O) groups is 2. The zero-order valence-electron chi connectivity index (χ0n) is 30.8. The lowest BCUT2D eigenvalue weighted by Crippen LogP contribution is -2.42. The summed E-state index contributed by atoms with van der Waals surface area (Å²) in [5.74, 6) is 0.479. The molecule has 0 aromatic heterocycles. The molecular weight excluding hydrogens is 689 g/mol. The second kappa shape index (κ2) is 16.2. The molecule has 1 amide bonds. The van der Waals surface area contributed by atoms with Crippen molar-refractivity contribution in [3.8, 4) is 22.5 Å². The quantitative estimate of drug-likeness (QED) is 0.0779. The molecule has 3 aromatic carbocycles. The van der Waals surface area contributed by atoms with Crippen LogP contribution in [0.4, 0.5) is 16.2 Å². The predicted octanol–water partition coefficient (Wildman–Crippen LogP) is 7.40. The van der Waals surface area contributed by atoms with Crippen molar-refractivity contribution in [3.05, 3.63) is 108 Å². The van der Waals surface area contributed by atoms with E-state index in [1.54, 1.807) is 12.1 Å². The summed E-state index contributed by atoms with van der Waals surface area (Å²) in [5.41, 5.74) is 6.92. The topological polar surface area (TPSA) is 121 Å². The van der Waals surface area contributed by atoms with Crippen molar-refractivity contribution in [1.29, 1.82) is 0 Å². The van der Waals surface area contributed by atoms with Crippen LogP contribution in [0.5, 0.6) is 0 Å². The molecule has 2 N–H and O–H groups in total. The van der Waals surface area contributed by atoms with Crippen molar-refractivity contribution >= 4 is 44.2 Å². The fraction of sp³-hybridized carbons (Fsp3) is 0.310. The molecule has 6 rings (SSSR count). The van der Waals surface area contributed by atoms with Crippen LogP contribution < -0.4 is 20.6 Å². The van der Waals surface area contributed by atoms with Crippen LogP contribution >= 0.6 is 0 Å². The number of anilines is 2. The van der Waals surface area contributed by atoms with Crippen LogP contribution in [0.15, 0.2) is 101 Å². The lowest BCUT2D eigenvalue weighted by molar-refractivity contribution is -0.114. The van der Waals surface area contributed by atoms with E-state index in [-0.39, 0.29) is 36.7 Å². The van der Waals surface area contributed by atoms with E-state index >= 15 is 0 Å². The highest BCUT2D eigenvalue weighted by atomic mass is 32.2. The minimum atomic E-state index is -3.97. The van der Waals surface area contributed by atoms with Crippen molar-refractivity contribution < 1.29 is 27.2 Å². The van der Waals surface area contributed by atoms with Crippen LogP contribution in [0.1, 0.15) is 44.2 Å². The number of allylic oxidation sites excluding steroid dienone is 1. The molecule has 276 valence electrons. The van der Waals surface area contributed by atoms with Crippen LogP contribution in [-0.4, -0.2) is 63.4 Å². The van der Waals surface area contributed by atoms with E-state index in [2.05, 4.69) is 67.7 Å². The molecule has 3 aliphatic rings. The Kier molecular flexibility index (Phi) is 11.4. The number of ketones is 1. The van der Waals surface area contributed by atoms with Gasteiger partial charge in [-0.15, -0.1) is 0 Å². The van der Waals surface area contributed by atoms with Crippen LogP contribution in [0.3, 0.4) is 0 Å². The minimum absolute atomic E-state index is 0.136. The van der Waals surface area contributed by atoms with E-state index < -0.39 is 22.2 Å². The zero-order valence-corrected chi connectivity index (χ0v) is 31.6. The van der Waals surface area contributed by atoms with Crippen LogP contribution in [-0.2, 0) is 19.6 Å². The van der Waals surface area contributed by atoms with Crippen LogP contribution in [0.2, 0.25) is 0 Å². The number of nitrogens with one attached hydrogen (secondary N) is 2. The summed E-state index contributed by atoms with van der Waals surface area (Å²) in [7, 11) is -3.97. The number of amides is 1. The number of sulfonamides is 1. The van der Waals surface area contributed by atoms with E-state index in [1.807, 2.05) is 48.5 Å². The number of aryl methyl sites for hydroxylation is 2. The Morgan fingerprint density at radius 1 is 0.943 bits per heavy atom. The van der Waals surface area contributed by atoms with Gasteiger partial charge < -0.3 is 19.8 Å². The summed E-state index contributed by atoms with van der Waals surface area (Å²) in [4.78, 5) is 24.0. The molecule has 0 atom stereocenters. The number of hydrogen-bond acceptors (Lipinski definition) is 7. The first-order valence-corrected chi connectivity index (χ1v) is 19.6. The van der Waals surface area contributed by atoms with Gasteiger partial charge in [0.2, 0.25) is 15.4 Å². The minimum Gasteiger partial charge on any atom is -0.456 e. The zero-order chi connectivity index (χ0) is 37.7. The van der Waals surface area contributed by atoms with Crippen molar-refractivity contribution in [3.63, 3.8) is 0 Å². The van der Waals surface area contributed by atoms with E-state index in [0.29, 0.717) is 29.7 Å². The highest BCUT2D eigenvalue weighted by Crippen LogP contribution is 2.43. The number of carbonyl (C=O) groups excluding carboxylic acids is 2. The van der Waals surface area contributed by atoms with Crippen molar-refractivity contribution in [1.82, 2.24) is 14.2 Å². The highest BCUT2D eigenvalue weighted by molar-refractivity contribution is 7.89. The molecule has 0 saturated carbocycles. The molecule has 3 aromatic rings. The van der Waals surface area contributed by atoms with Crippen molar-refractivity contribution in [2.45, 2.75) is 58.0 Å². The maximum atomic E-state index is 14.5. The molecule has 2 heterocycles. The Hall–Kier alpha value is -5.26. The first-order chi connectivity index (χ1) is 25.5. The van der Waals surface area contributed by atoms with Gasteiger partial charge in [0.25, 0.3) is 0 Å². The van der Waals surface area contributed by atoms with Gasteiger partial charge in [0, 0.05) is 71.6 Å². The molecule has 1 aliphatic carbocycles. The Labute approximate surface area is 311 Å². The molecule has 10 nitrogen and oxygen atoms in total. The number of rotatable bonds is 12. The molecule has 1 fully saturated rings. The van der Waals surface area contributed by atoms with E-state index in [1.165, 1.54) is 10.4 Å². The number of benzene rings is 4. The average Bonchev–Trinajstić information content (AvgIpc) is 3.16. The third-order valence-electron chi connectivity index (χ3n) is 9.90. The fourth-order valence-electron chi connectivity index (χ4n) is 7.00. The summed E-state index contributed by atoms with van der Waals surface area (Å²) in [6, 6.07) is 25.4. The number of para-hydroxylation sites is 1. The molecule has 0 bridgehead atoms. The molecular formula is C42H47N4O6S+. The summed E-state index contributed by atoms with van der Waals surface area (Å²) in [6.45, 7) is 14.0. The number of fused-ring (bicyclic) bond motifs is 2. The molecule has 1 saturated heterocycles. The maximum absolute atomic E-state index is 14.5. The summed E-state index contributed by atoms with van der Waals surface area (Å²) in [6.07, 6.45) is 0.975. The third-order valence-corrected chi connectivity index (χ3v) is 11.9. The number of hydrogen-bond donors (Lipinski definition) is 2. The molecule has 53 heavy (non-hydrogen) atoms. The molecule has 11 heteroatoms. The van der Waals surface area contributed by atoms with Gasteiger partial charge in [-0.1, -0.05) is 43.0 Å². The van der Waals surface area contributed by atoms with E-state index in [0.717, 1.165) is 57.5 Å². The summed E-state index contributed by atoms with van der Waals surface area (Å²) >= 11 is 0. The molecule has 2 aliphatic heterocycles. The number of nitrogens with zero attached hydrogens (tertiary/aromatic N) is 2. The average molecular weight is 736 g/mol. The van der Waals surface area contributed by atoms with Gasteiger partial charge in [-0.2, -0.15) is 4.31 Å². The van der Waals surface area contributed by atoms with Gasteiger partial charge in [-0.3, -0.25) is 4.79 Å². The van der Waals surface area contributed by atoms with Crippen molar-refractivity contribution in [2.24, 2.45) is 0 Å². The van der Waals surface area contributed by atoms with Gasteiger partial charge >= 0.3 is 6.09 Å². The SMILES string of the molecule is C=CC(=O)CCNC(=O)OC1CCN(S(=O)(=O)c2ccccc2-c2c3ccc(=[N+](CC)CC)cc-3oc3cc(Nc4c(C)cccc4C)ccc23)CC1. The first kappa shape index (κ1) is 37.5. The number of ether oxygens (including phenoxy) is 1. The van der Waals surface area contributed by atoms with Gasteiger partial charge in [-0.05, 0) is 82.0 Å². The standard InChI is InChI=1S/C42H46N4O6S/c1-6-32(47)20-23-43-42(48)51-33-21-24-46(25-22-33)53(49,50)39-15-10-9-14-36(39)40-34-18-16-30(44-41-28(4)12-11-13-29(41)5)26-37(34)52-38-27-31(17-19-35(38)40)45(7-2)8-3/h6,9-19,26-27,33H,1,7-8,20-25H2,2-5H3,(H,43,48)/p+1. The molecule has 0 radical (unpaired) electrons. The van der Waals surface area contributed by atoms with Crippen molar-refractivity contribution in [2.75, 3.05) is 38.0 Å². The second-order valence-electron chi connectivity index (χ2n) is 13.3. The first-order valence-electron chi connectivity index (χ1n) is 18.1. The third kappa shape index (κ3) is 8.06. The maximum Gasteiger partial charge on any atom is 0.407 e. The Morgan fingerprint density at radius 2 is 1.66 bits per heavy atom. The van der Waals surface area contributed by atoms with Crippen LogP contribution in [0.25, 0.3) is 33.4 Å². The number of alkyl carbamates (subject to hydrolysis) is 1. The van der Waals surface area contributed by atoms with Gasteiger partial charge in [0.05, 0.1) is 11.0 Å². The largest absolute Gasteiger partial charge is 0.456 e. The Bertz CT molecular complexity index is 2300. The van der Waals surface area contributed by atoms with Gasteiger partial charge in [0.1, 0.15) is 30.5 Å². The Balaban J connectivity index is 1.38. The number of piperidine rings is 1. The molecule has 0 unspecified atom stereocenters. The second-order valence-corrected chi connectivity index (χ2v) is 15.2. The lowest BCUT2D eigenvalue weighted by Gasteiger charge is -2.31. The Morgan fingerprint density at radius 3 is 2.36 bits per heavy atom. The van der Waals surface area contributed by atoms with E-state index in [9.17, 15) is 18.0 Å². The monoisotopic (exact) mass is 735 g/mol. The summed E-state index contributed by atoms with van der Waals surface area (Å²) in [5, 5.41) is 7.96. The van der Waals surface area contributed by atoms with Gasteiger partial charge in [0.15, 0.2) is 5.78 Å². The molecule has 0 spiro atoms. The summed E-state index contributed by atoms with van der Waals surface area (Å²) < 4.78 is 44.9. The highest BCUT2D eigenvalue weighted by Gasteiger charge is 2.33. The van der Waals surface area contributed by atoms with Crippen LogP contribution in [0, 0.1) is 13.8 Å². The normalized spacial score (nSPS) is 13.9. The lowest BCUT2D eigenvalue weighted by atomic mass is 9.93. The van der Waals surface area contributed by atoms with E-state index in [4.69, 9.17) is 9.15 Å². The fourth-order valence-corrected chi connectivity index (χ4v) is 8.67. The smallest absolute Gasteiger partial charge is 0.407 e. The predicted molar refractivity (Wildman–Crippen MR) is 210 cm³/mol. The van der Waals surface area contributed by atoms with Gasteiger partial charge in [-0.25, -0.2) is 17.8 Å².